The number of anilines is 1. The highest BCUT2D eigenvalue weighted by Gasteiger charge is 2.36. The average Bonchev–Trinajstić information content (AvgIpc) is 3.79. The SMILES string of the molecule is CCN1CCC(C(=O)N2CCN(Cc3ccccc3)CCCN(C(=O)C3CC3)c3cc(Cl)ccc3C2)CC1. The number of hydrogen-bond acceptors (Lipinski definition) is 4. The third-order valence-corrected chi connectivity index (χ3v) is 8.61. The minimum Gasteiger partial charge on any atom is -0.337 e. The number of hydrogen-bond donors (Lipinski definition) is 0. The topological polar surface area (TPSA) is 47.1 Å². The molecule has 204 valence electrons. The van der Waals surface area contributed by atoms with E-state index in [9.17, 15) is 9.59 Å². The summed E-state index contributed by atoms with van der Waals surface area (Å²) in [4.78, 5) is 36.3. The maximum absolute atomic E-state index is 14.0. The van der Waals surface area contributed by atoms with Crippen LogP contribution in [0.2, 0.25) is 5.02 Å². The van der Waals surface area contributed by atoms with Crippen molar-refractivity contribution in [2.24, 2.45) is 11.8 Å². The molecule has 2 aromatic carbocycles. The van der Waals surface area contributed by atoms with E-state index in [1.165, 1.54) is 5.56 Å². The van der Waals surface area contributed by atoms with Gasteiger partial charge in [-0.3, -0.25) is 14.5 Å². The molecule has 0 N–H and O–H groups in total. The average molecular weight is 537 g/mol. The molecule has 38 heavy (non-hydrogen) atoms. The monoisotopic (exact) mass is 536 g/mol. The summed E-state index contributed by atoms with van der Waals surface area (Å²) in [6.07, 6.45) is 4.63. The van der Waals surface area contributed by atoms with Gasteiger partial charge in [0.25, 0.3) is 0 Å². The summed E-state index contributed by atoms with van der Waals surface area (Å²) in [5, 5.41) is 0.628. The van der Waals surface area contributed by atoms with E-state index in [0.29, 0.717) is 24.7 Å². The molecule has 0 aromatic heterocycles. The van der Waals surface area contributed by atoms with E-state index in [1.54, 1.807) is 0 Å². The summed E-state index contributed by atoms with van der Waals surface area (Å²) < 4.78 is 0. The van der Waals surface area contributed by atoms with Gasteiger partial charge in [0.15, 0.2) is 0 Å². The van der Waals surface area contributed by atoms with E-state index >= 15 is 0 Å². The lowest BCUT2D eigenvalue weighted by Gasteiger charge is -2.35. The quantitative estimate of drug-likeness (QED) is 0.536. The number of carbonyl (C=O) groups excluding carboxylic acids is 2. The summed E-state index contributed by atoms with van der Waals surface area (Å²) in [5.74, 6) is 0.632. The van der Waals surface area contributed by atoms with E-state index in [2.05, 4.69) is 45.9 Å². The third kappa shape index (κ3) is 6.77. The first kappa shape index (κ1) is 27.2. The molecule has 0 bridgehead atoms. The van der Waals surface area contributed by atoms with Crippen molar-refractivity contribution in [1.29, 1.82) is 0 Å². The van der Waals surface area contributed by atoms with E-state index in [1.807, 2.05) is 29.2 Å². The second-order valence-corrected chi connectivity index (χ2v) is 11.6. The summed E-state index contributed by atoms with van der Waals surface area (Å²) in [7, 11) is 0. The van der Waals surface area contributed by atoms with Gasteiger partial charge < -0.3 is 14.7 Å². The molecule has 5 rings (SSSR count). The molecule has 1 saturated carbocycles. The zero-order valence-corrected chi connectivity index (χ0v) is 23.4. The van der Waals surface area contributed by atoms with Crippen molar-refractivity contribution < 1.29 is 9.59 Å². The molecule has 1 aliphatic carbocycles. The van der Waals surface area contributed by atoms with E-state index < -0.39 is 0 Å². The van der Waals surface area contributed by atoms with Crippen LogP contribution in [-0.4, -0.2) is 72.3 Å². The molecule has 0 spiro atoms. The Bertz CT molecular complexity index is 1100. The predicted molar refractivity (Wildman–Crippen MR) is 153 cm³/mol. The third-order valence-electron chi connectivity index (χ3n) is 8.38. The molecule has 3 aliphatic rings. The maximum atomic E-state index is 14.0. The number of rotatable bonds is 5. The highest BCUT2D eigenvalue weighted by atomic mass is 35.5. The molecule has 2 amide bonds. The number of piperidine rings is 1. The van der Waals surface area contributed by atoms with Crippen LogP contribution in [-0.2, 0) is 22.7 Å². The van der Waals surface area contributed by atoms with Gasteiger partial charge in [-0.25, -0.2) is 0 Å². The van der Waals surface area contributed by atoms with Gasteiger partial charge >= 0.3 is 0 Å². The van der Waals surface area contributed by atoms with Gasteiger partial charge in [0.1, 0.15) is 0 Å². The highest BCUT2D eigenvalue weighted by Crippen LogP contribution is 2.35. The van der Waals surface area contributed by atoms with E-state index in [0.717, 1.165) is 82.6 Å². The Balaban J connectivity index is 1.43. The maximum Gasteiger partial charge on any atom is 0.230 e. The van der Waals surface area contributed by atoms with Crippen molar-refractivity contribution in [3.05, 3.63) is 64.7 Å². The van der Waals surface area contributed by atoms with Crippen LogP contribution in [0, 0.1) is 11.8 Å². The Morgan fingerprint density at radius 3 is 2.26 bits per heavy atom. The molecule has 1 saturated heterocycles. The fraction of sp³-hybridized carbons (Fsp3) is 0.548. The van der Waals surface area contributed by atoms with Crippen LogP contribution < -0.4 is 4.90 Å². The molecule has 2 aromatic rings. The molecular formula is C31H41ClN4O2. The van der Waals surface area contributed by atoms with Crippen molar-refractivity contribution in [1.82, 2.24) is 14.7 Å². The minimum atomic E-state index is 0.0606. The molecule has 2 heterocycles. The molecule has 0 radical (unpaired) electrons. The Morgan fingerprint density at radius 2 is 1.55 bits per heavy atom. The normalized spacial score (nSPS) is 20.6. The summed E-state index contributed by atoms with van der Waals surface area (Å²) in [5.41, 5.74) is 3.16. The zero-order chi connectivity index (χ0) is 26.5. The molecular weight excluding hydrogens is 496 g/mol. The first-order chi connectivity index (χ1) is 18.5. The zero-order valence-electron chi connectivity index (χ0n) is 22.7. The van der Waals surface area contributed by atoms with Crippen molar-refractivity contribution in [2.45, 2.75) is 52.1 Å². The Kier molecular flexibility index (Phi) is 9.03. The molecule has 0 unspecified atom stereocenters. The lowest BCUT2D eigenvalue weighted by molar-refractivity contribution is -0.138. The minimum absolute atomic E-state index is 0.0606. The lowest BCUT2D eigenvalue weighted by Crippen LogP contribution is -2.44. The molecule has 7 heteroatoms. The van der Waals surface area contributed by atoms with Crippen LogP contribution in [0.1, 0.15) is 50.2 Å². The fourth-order valence-corrected chi connectivity index (χ4v) is 6.04. The summed E-state index contributed by atoms with van der Waals surface area (Å²) in [6.45, 7) is 9.57. The van der Waals surface area contributed by atoms with Gasteiger partial charge in [-0.05, 0) is 75.0 Å². The number of amides is 2. The summed E-state index contributed by atoms with van der Waals surface area (Å²) >= 11 is 6.47. The van der Waals surface area contributed by atoms with Gasteiger partial charge in [-0.1, -0.05) is 54.9 Å². The molecule has 6 nitrogen and oxygen atoms in total. The van der Waals surface area contributed by atoms with Crippen molar-refractivity contribution in [2.75, 3.05) is 50.7 Å². The van der Waals surface area contributed by atoms with Crippen LogP contribution in [0.5, 0.6) is 0 Å². The van der Waals surface area contributed by atoms with Gasteiger partial charge in [0, 0.05) is 56.1 Å². The molecule has 0 atom stereocenters. The number of nitrogens with zero attached hydrogens (tertiary/aromatic N) is 4. The van der Waals surface area contributed by atoms with Gasteiger partial charge in [-0.2, -0.15) is 0 Å². The Morgan fingerprint density at radius 1 is 0.816 bits per heavy atom. The van der Waals surface area contributed by atoms with E-state index in [-0.39, 0.29) is 23.7 Å². The van der Waals surface area contributed by atoms with Crippen LogP contribution in [0.4, 0.5) is 5.69 Å². The largest absolute Gasteiger partial charge is 0.337 e. The predicted octanol–water partition coefficient (Wildman–Crippen LogP) is 5.05. The van der Waals surface area contributed by atoms with Crippen molar-refractivity contribution in [3.63, 3.8) is 0 Å². The second kappa shape index (κ2) is 12.6. The second-order valence-electron chi connectivity index (χ2n) is 11.1. The number of fused-ring (bicyclic) bond motifs is 1. The Labute approximate surface area is 232 Å². The summed E-state index contributed by atoms with van der Waals surface area (Å²) in [6, 6.07) is 16.4. The number of benzene rings is 2. The van der Waals surface area contributed by atoms with Gasteiger partial charge in [0.2, 0.25) is 11.8 Å². The first-order valence-electron chi connectivity index (χ1n) is 14.4. The molecule has 2 aliphatic heterocycles. The lowest BCUT2D eigenvalue weighted by atomic mass is 9.95. The van der Waals surface area contributed by atoms with Crippen LogP contribution >= 0.6 is 11.6 Å². The fourth-order valence-electron chi connectivity index (χ4n) is 5.88. The van der Waals surface area contributed by atoms with Gasteiger partial charge in [0.05, 0.1) is 5.69 Å². The smallest absolute Gasteiger partial charge is 0.230 e. The van der Waals surface area contributed by atoms with Crippen molar-refractivity contribution >= 4 is 29.1 Å². The standard InChI is InChI=1S/C31H41ClN4O2/c1-2-33-17-13-26(14-18-33)30(37)35-20-19-34(22-24-7-4-3-5-8-24)15-6-16-36(31(38)25-9-10-25)29-21-28(32)12-11-27(29)23-35/h3-5,7-8,11-12,21,25-26H,2,6,9-10,13-20,22-23H2,1H3. The number of halogens is 1. The van der Waals surface area contributed by atoms with Crippen LogP contribution in [0.3, 0.4) is 0 Å². The van der Waals surface area contributed by atoms with Crippen LogP contribution in [0.25, 0.3) is 0 Å². The Hall–Kier alpha value is -2.41. The molecule has 2 fully saturated rings. The first-order valence-corrected chi connectivity index (χ1v) is 14.8. The van der Waals surface area contributed by atoms with Crippen LogP contribution in [0.15, 0.2) is 48.5 Å². The number of likely N-dealkylation sites (tertiary alicyclic amines) is 1. The van der Waals surface area contributed by atoms with E-state index in [4.69, 9.17) is 11.6 Å². The van der Waals surface area contributed by atoms with Gasteiger partial charge in [-0.15, -0.1) is 0 Å². The highest BCUT2D eigenvalue weighted by molar-refractivity contribution is 6.31. The number of carbonyl (C=O) groups is 2. The van der Waals surface area contributed by atoms with Crippen molar-refractivity contribution in [3.8, 4) is 0 Å².